The van der Waals surface area contributed by atoms with Crippen LogP contribution in [0.1, 0.15) is 20.8 Å². The van der Waals surface area contributed by atoms with Crippen LogP contribution in [0.2, 0.25) is 0 Å². The van der Waals surface area contributed by atoms with Gasteiger partial charge in [-0.3, -0.25) is 0 Å². The molecule has 0 saturated heterocycles. The van der Waals surface area contributed by atoms with Crippen LogP contribution in [0, 0.1) is 5.41 Å². The Kier molecular flexibility index (Phi) is 2.10. The summed E-state index contributed by atoms with van der Waals surface area (Å²) in [6.07, 6.45) is 1.79. The van der Waals surface area contributed by atoms with E-state index < -0.39 is 0 Å². The highest BCUT2D eigenvalue weighted by molar-refractivity contribution is 5.34. The first-order valence-electron chi connectivity index (χ1n) is 4.82. The lowest BCUT2D eigenvalue weighted by atomic mass is 9.89. The van der Waals surface area contributed by atoms with Crippen LogP contribution < -0.4 is 9.47 Å². The molecule has 0 radical (unpaired) electrons. The highest BCUT2D eigenvalue weighted by Crippen LogP contribution is 2.33. The molecular weight excluding hydrogens is 178 g/mol. The zero-order valence-electron chi connectivity index (χ0n) is 8.78. The van der Waals surface area contributed by atoms with E-state index >= 15 is 0 Å². The van der Waals surface area contributed by atoms with Crippen LogP contribution in [0.15, 0.2) is 18.3 Å². The third-order valence-corrected chi connectivity index (χ3v) is 2.35. The van der Waals surface area contributed by atoms with E-state index in [4.69, 9.17) is 9.47 Å². The summed E-state index contributed by atoms with van der Waals surface area (Å²) in [5.74, 6) is 1.35. The molecular formula is C11H15NO2. The highest BCUT2D eigenvalue weighted by Gasteiger charge is 2.31. The van der Waals surface area contributed by atoms with E-state index in [0.29, 0.717) is 12.5 Å². The van der Waals surface area contributed by atoms with Gasteiger partial charge >= 0.3 is 0 Å². The lowest BCUT2D eigenvalue weighted by Gasteiger charge is -2.34. The topological polar surface area (TPSA) is 31.4 Å². The van der Waals surface area contributed by atoms with Crippen LogP contribution in [0.3, 0.4) is 0 Å². The number of pyridine rings is 1. The predicted molar refractivity (Wildman–Crippen MR) is 53.6 cm³/mol. The maximum Gasteiger partial charge on any atom is 0.257 e. The molecule has 0 N–H and O–H groups in total. The Hall–Kier alpha value is -1.25. The van der Waals surface area contributed by atoms with E-state index in [-0.39, 0.29) is 11.5 Å². The van der Waals surface area contributed by atoms with Crippen LogP contribution in [0.25, 0.3) is 0 Å². The van der Waals surface area contributed by atoms with Gasteiger partial charge in [-0.15, -0.1) is 0 Å². The van der Waals surface area contributed by atoms with Gasteiger partial charge in [0.15, 0.2) is 5.75 Å². The molecule has 0 fully saturated rings. The Morgan fingerprint density at radius 1 is 1.43 bits per heavy atom. The maximum atomic E-state index is 5.76. The zero-order valence-corrected chi connectivity index (χ0v) is 8.78. The minimum Gasteiger partial charge on any atom is -0.484 e. The first-order valence-corrected chi connectivity index (χ1v) is 4.82. The van der Waals surface area contributed by atoms with Gasteiger partial charge < -0.3 is 9.47 Å². The van der Waals surface area contributed by atoms with Gasteiger partial charge in [0.2, 0.25) is 0 Å². The molecule has 0 aliphatic carbocycles. The van der Waals surface area contributed by atoms with Crippen molar-refractivity contribution >= 4 is 0 Å². The third-order valence-electron chi connectivity index (χ3n) is 2.35. The van der Waals surface area contributed by atoms with Crippen LogP contribution in [-0.4, -0.2) is 17.7 Å². The largest absolute Gasteiger partial charge is 0.484 e. The average molecular weight is 193 g/mol. The van der Waals surface area contributed by atoms with Gasteiger partial charge in [0, 0.05) is 11.6 Å². The Labute approximate surface area is 84.1 Å². The SMILES string of the molecule is CC(C)(C)C1COc2cccnc2O1. The van der Waals surface area contributed by atoms with Gasteiger partial charge in [-0.25, -0.2) is 4.98 Å². The second kappa shape index (κ2) is 3.15. The number of fused-ring (bicyclic) bond motifs is 1. The number of hydrogen-bond acceptors (Lipinski definition) is 3. The molecule has 0 aromatic carbocycles. The summed E-state index contributed by atoms with van der Waals surface area (Å²) < 4.78 is 11.3. The van der Waals surface area contributed by atoms with Gasteiger partial charge in [-0.2, -0.15) is 0 Å². The number of nitrogens with zero attached hydrogens (tertiary/aromatic N) is 1. The first kappa shape index (κ1) is 9.31. The van der Waals surface area contributed by atoms with E-state index in [2.05, 4.69) is 25.8 Å². The van der Waals surface area contributed by atoms with Crippen LogP contribution in [-0.2, 0) is 0 Å². The number of aromatic nitrogens is 1. The number of rotatable bonds is 0. The molecule has 0 bridgehead atoms. The van der Waals surface area contributed by atoms with Crippen molar-refractivity contribution in [2.24, 2.45) is 5.41 Å². The molecule has 2 heterocycles. The summed E-state index contributed by atoms with van der Waals surface area (Å²) in [4.78, 5) is 4.14. The predicted octanol–water partition coefficient (Wildman–Crippen LogP) is 2.27. The molecule has 3 heteroatoms. The van der Waals surface area contributed by atoms with Crippen molar-refractivity contribution in [1.82, 2.24) is 4.98 Å². The number of hydrogen-bond donors (Lipinski definition) is 0. The molecule has 0 spiro atoms. The van der Waals surface area contributed by atoms with Crippen molar-refractivity contribution in [3.05, 3.63) is 18.3 Å². The van der Waals surface area contributed by atoms with E-state index in [1.165, 1.54) is 0 Å². The van der Waals surface area contributed by atoms with Gasteiger partial charge in [0.1, 0.15) is 12.7 Å². The van der Waals surface area contributed by atoms with Crippen LogP contribution in [0.5, 0.6) is 11.6 Å². The van der Waals surface area contributed by atoms with Crippen molar-refractivity contribution in [1.29, 1.82) is 0 Å². The highest BCUT2D eigenvalue weighted by atomic mass is 16.6. The van der Waals surface area contributed by atoms with Gasteiger partial charge in [-0.05, 0) is 12.1 Å². The fourth-order valence-corrected chi connectivity index (χ4v) is 1.34. The second-order valence-corrected chi connectivity index (χ2v) is 4.59. The van der Waals surface area contributed by atoms with E-state index in [9.17, 15) is 0 Å². The van der Waals surface area contributed by atoms with E-state index in [1.807, 2.05) is 12.1 Å². The van der Waals surface area contributed by atoms with Crippen molar-refractivity contribution < 1.29 is 9.47 Å². The lowest BCUT2D eigenvalue weighted by Crippen LogP contribution is -2.40. The molecule has 0 amide bonds. The van der Waals surface area contributed by atoms with Crippen LogP contribution in [0.4, 0.5) is 0 Å². The molecule has 1 atom stereocenters. The summed E-state index contributed by atoms with van der Waals surface area (Å²) >= 11 is 0. The molecule has 1 unspecified atom stereocenters. The Morgan fingerprint density at radius 2 is 2.21 bits per heavy atom. The molecule has 1 aliphatic rings. The second-order valence-electron chi connectivity index (χ2n) is 4.59. The Morgan fingerprint density at radius 3 is 2.93 bits per heavy atom. The fraction of sp³-hybridized carbons (Fsp3) is 0.545. The molecule has 14 heavy (non-hydrogen) atoms. The molecule has 3 nitrogen and oxygen atoms in total. The van der Waals surface area contributed by atoms with Crippen molar-refractivity contribution in [2.45, 2.75) is 26.9 Å². The molecule has 1 aromatic rings. The minimum absolute atomic E-state index is 0.0740. The van der Waals surface area contributed by atoms with Crippen molar-refractivity contribution in [3.63, 3.8) is 0 Å². The number of ether oxygens (including phenoxy) is 2. The smallest absolute Gasteiger partial charge is 0.257 e. The maximum absolute atomic E-state index is 5.76. The van der Waals surface area contributed by atoms with Gasteiger partial charge in [0.05, 0.1) is 0 Å². The Balaban J connectivity index is 2.22. The quantitative estimate of drug-likeness (QED) is 0.633. The van der Waals surface area contributed by atoms with E-state index in [0.717, 1.165) is 5.75 Å². The van der Waals surface area contributed by atoms with Crippen LogP contribution >= 0.6 is 0 Å². The summed E-state index contributed by atoms with van der Waals surface area (Å²) in [5.41, 5.74) is 0.0786. The van der Waals surface area contributed by atoms with Crippen molar-refractivity contribution in [3.8, 4) is 11.6 Å². The molecule has 2 rings (SSSR count). The molecule has 76 valence electrons. The standard InChI is InChI=1S/C11H15NO2/c1-11(2,3)9-7-13-8-5-4-6-12-10(8)14-9/h4-6,9H,7H2,1-3H3. The lowest BCUT2D eigenvalue weighted by molar-refractivity contribution is 0.0119. The summed E-state index contributed by atoms with van der Waals surface area (Å²) in [6, 6.07) is 3.72. The molecule has 0 saturated carbocycles. The fourth-order valence-electron chi connectivity index (χ4n) is 1.34. The first-order chi connectivity index (χ1) is 6.57. The molecule has 1 aliphatic heterocycles. The van der Waals surface area contributed by atoms with Gasteiger partial charge in [-0.1, -0.05) is 20.8 Å². The zero-order chi connectivity index (χ0) is 10.2. The Bertz CT molecular complexity index is 330. The van der Waals surface area contributed by atoms with E-state index in [1.54, 1.807) is 6.20 Å². The summed E-state index contributed by atoms with van der Waals surface area (Å²) in [7, 11) is 0. The normalized spacial score (nSPS) is 20.6. The third kappa shape index (κ3) is 1.67. The minimum atomic E-state index is 0.0740. The summed E-state index contributed by atoms with van der Waals surface area (Å²) in [5, 5.41) is 0. The van der Waals surface area contributed by atoms with Gasteiger partial charge in [0.25, 0.3) is 5.88 Å². The average Bonchev–Trinajstić information content (AvgIpc) is 2.16. The molecule has 1 aromatic heterocycles. The van der Waals surface area contributed by atoms with Crippen molar-refractivity contribution in [2.75, 3.05) is 6.61 Å². The summed E-state index contributed by atoms with van der Waals surface area (Å²) in [6.45, 7) is 7.00. The monoisotopic (exact) mass is 193 g/mol.